The molecular weight excluding hydrogens is 308 g/mol. The predicted octanol–water partition coefficient (Wildman–Crippen LogP) is 2.82. The van der Waals surface area contributed by atoms with Crippen LogP contribution in [-0.4, -0.2) is 27.3 Å². The van der Waals surface area contributed by atoms with Crippen LogP contribution in [0.15, 0.2) is 23.7 Å². The normalized spacial score (nSPS) is 18.3. The first kappa shape index (κ1) is 16.1. The molecule has 3 heterocycles. The van der Waals surface area contributed by atoms with Gasteiger partial charge in [0.2, 0.25) is 5.91 Å². The van der Waals surface area contributed by atoms with E-state index in [9.17, 15) is 4.79 Å². The van der Waals surface area contributed by atoms with Gasteiger partial charge in [0.05, 0.1) is 18.3 Å². The summed E-state index contributed by atoms with van der Waals surface area (Å²) in [5, 5.41) is 4.95. The van der Waals surface area contributed by atoms with Crippen molar-refractivity contribution in [2.45, 2.75) is 45.8 Å². The molecule has 1 aliphatic rings. The first-order valence-electron chi connectivity index (χ1n) is 7.97. The van der Waals surface area contributed by atoms with Gasteiger partial charge in [-0.2, -0.15) is 0 Å². The smallest absolute Gasteiger partial charge is 0.217 e. The van der Waals surface area contributed by atoms with Gasteiger partial charge in [0.25, 0.3) is 0 Å². The fourth-order valence-electron chi connectivity index (χ4n) is 2.95. The Morgan fingerprint density at radius 1 is 1.48 bits per heavy atom. The van der Waals surface area contributed by atoms with Crippen LogP contribution in [0.3, 0.4) is 0 Å². The van der Waals surface area contributed by atoms with E-state index in [1.807, 2.05) is 17.4 Å². The topological polar surface area (TPSA) is 58.1 Å². The van der Waals surface area contributed by atoms with Gasteiger partial charge in [-0.05, 0) is 49.4 Å². The zero-order valence-corrected chi connectivity index (χ0v) is 14.4. The predicted molar refractivity (Wildman–Crippen MR) is 91.0 cm³/mol. The van der Waals surface area contributed by atoms with E-state index < -0.39 is 0 Å². The summed E-state index contributed by atoms with van der Waals surface area (Å²) in [5.41, 5.74) is 2.23. The van der Waals surface area contributed by atoms with Crippen molar-refractivity contribution < 1.29 is 4.79 Å². The highest BCUT2D eigenvalue weighted by atomic mass is 32.1. The average molecular weight is 330 g/mol. The van der Waals surface area contributed by atoms with Crippen LogP contribution in [0.2, 0.25) is 0 Å². The highest BCUT2D eigenvalue weighted by Crippen LogP contribution is 2.32. The molecule has 1 saturated heterocycles. The van der Waals surface area contributed by atoms with E-state index in [4.69, 9.17) is 0 Å². The number of nitrogens with one attached hydrogen (secondary N) is 1. The molecule has 0 aliphatic carbocycles. The van der Waals surface area contributed by atoms with Crippen LogP contribution in [0.25, 0.3) is 0 Å². The lowest BCUT2D eigenvalue weighted by molar-refractivity contribution is -0.119. The number of carbonyl (C=O) groups excluding carboxylic acids is 1. The standard InChI is InChI=1S/C17H22N4OS/c1-12-6-9-23-16(12)11-21-8-3-4-15(21)17-18-7-5-14(20-17)10-19-13(2)22/h5-7,9,15H,3-4,8,10-11H2,1-2H3,(H,19,22)/t15-/m1/s1. The molecule has 2 aromatic heterocycles. The van der Waals surface area contributed by atoms with Crippen molar-refractivity contribution in [3.8, 4) is 0 Å². The van der Waals surface area contributed by atoms with Crippen molar-refractivity contribution in [1.29, 1.82) is 0 Å². The van der Waals surface area contributed by atoms with Crippen molar-refractivity contribution in [3.05, 3.63) is 45.7 Å². The SMILES string of the molecule is CC(=O)NCc1ccnc([C@H]2CCCN2Cc2sccc2C)n1. The number of aromatic nitrogens is 2. The van der Waals surface area contributed by atoms with Gasteiger partial charge < -0.3 is 5.32 Å². The number of carbonyl (C=O) groups is 1. The maximum atomic E-state index is 11.1. The van der Waals surface area contributed by atoms with E-state index in [0.29, 0.717) is 6.54 Å². The minimum Gasteiger partial charge on any atom is -0.351 e. The van der Waals surface area contributed by atoms with Crippen molar-refractivity contribution in [1.82, 2.24) is 20.2 Å². The van der Waals surface area contributed by atoms with Crippen LogP contribution >= 0.6 is 11.3 Å². The third kappa shape index (κ3) is 3.95. The molecule has 0 saturated carbocycles. The van der Waals surface area contributed by atoms with Crippen molar-refractivity contribution in [2.75, 3.05) is 6.54 Å². The van der Waals surface area contributed by atoms with Gasteiger partial charge in [-0.25, -0.2) is 9.97 Å². The first-order valence-corrected chi connectivity index (χ1v) is 8.84. The molecule has 3 rings (SSSR count). The fraction of sp³-hybridized carbons (Fsp3) is 0.471. The summed E-state index contributed by atoms with van der Waals surface area (Å²) in [6, 6.07) is 4.31. The van der Waals surface area contributed by atoms with Gasteiger partial charge >= 0.3 is 0 Å². The first-order chi connectivity index (χ1) is 11.1. The Kier molecular flexibility index (Phi) is 5.03. The number of rotatable bonds is 5. The minimum atomic E-state index is -0.0409. The Morgan fingerprint density at radius 2 is 2.35 bits per heavy atom. The van der Waals surface area contributed by atoms with Crippen molar-refractivity contribution in [3.63, 3.8) is 0 Å². The molecule has 0 aromatic carbocycles. The van der Waals surface area contributed by atoms with Crippen LogP contribution in [0.5, 0.6) is 0 Å². The van der Waals surface area contributed by atoms with Crippen molar-refractivity contribution in [2.24, 2.45) is 0 Å². The fourth-order valence-corrected chi connectivity index (χ4v) is 3.88. The van der Waals surface area contributed by atoms with Gasteiger partial charge in [0.1, 0.15) is 5.82 Å². The Bertz CT molecular complexity index is 685. The number of likely N-dealkylation sites (tertiary alicyclic amines) is 1. The van der Waals surface area contributed by atoms with Crippen LogP contribution in [0.4, 0.5) is 0 Å². The second-order valence-corrected chi connectivity index (χ2v) is 6.97. The van der Waals surface area contributed by atoms with Gasteiger partial charge in [-0.3, -0.25) is 9.69 Å². The molecule has 6 heteroatoms. The lowest BCUT2D eigenvalue weighted by Gasteiger charge is -2.23. The number of amides is 1. The highest BCUT2D eigenvalue weighted by Gasteiger charge is 2.28. The third-order valence-corrected chi connectivity index (χ3v) is 5.23. The Morgan fingerprint density at radius 3 is 3.09 bits per heavy atom. The molecule has 23 heavy (non-hydrogen) atoms. The van der Waals surface area contributed by atoms with E-state index in [1.165, 1.54) is 23.8 Å². The lowest BCUT2D eigenvalue weighted by Crippen LogP contribution is -2.25. The van der Waals surface area contributed by atoms with E-state index in [1.54, 1.807) is 6.20 Å². The quantitative estimate of drug-likeness (QED) is 0.916. The Labute approximate surface area is 140 Å². The van der Waals surface area contributed by atoms with Gasteiger partial charge in [0, 0.05) is 24.5 Å². The molecule has 1 aliphatic heterocycles. The molecule has 0 spiro atoms. The van der Waals surface area contributed by atoms with Crippen LogP contribution in [-0.2, 0) is 17.9 Å². The molecule has 1 atom stereocenters. The number of nitrogens with zero attached hydrogens (tertiary/aromatic N) is 3. The number of thiophene rings is 1. The molecular formula is C17H22N4OS. The third-order valence-electron chi connectivity index (χ3n) is 4.23. The average Bonchev–Trinajstić information content (AvgIpc) is 3.16. The molecule has 0 bridgehead atoms. The van der Waals surface area contributed by atoms with Gasteiger partial charge in [-0.15, -0.1) is 11.3 Å². The monoisotopic (exact) mass is 330 g/mol. The largest absolute Gasteiger partial charge is 0.351 e. The second kappa shape index (κ2) is 7.19. The molecule has 122 valence electrons. The molecule has 5 nitrogen and oxygen atoms in total. The lowest BCUT2D eigenvalue weighted by atomic mass is 10.2. The van der Waals surface area contributed by atoms with E-state index in [0.717, 1.165) is 31.0 Å². The Hall–Kier alpha value is -1.79. The van der Waals surface area contributed by atoms with Gasteiger partial charge in [-0.1, -0.05) is 0 Å². The van der Waals surface area contributed by atoms with E-state index in [-0.39, 0.29) is 11.9 Å². The molecule has 1 N–H and O–H groups in total. The van der Waals surface area contributed by atoms with Crippen LogP contribution < -0.4 is 5.32 Å². The minimum absolute atomic E-state index is 0.0409. The molecule has 0 unspecified atom stereocenters. The maximum Gasteiger partial charge on any atom is 0.217 e. The zero-order chi connectivity index (χ0) is 16.2. The Balaban J connectivity index is 1.73. The highest BCUT2D eigenvalue weighted by molar-refractivity contribution is 7.10. The summed E-state index contributed by atoms with van der Waals surface area (Å²) in [4.78, 5) is 24.1. The number of aryl methyl sites for hydroxylation is 1. The number of hydrogen-bond acceptors (Lipinski definition) is 5. The van der Waals surface area contributed by atoms with E-state index >= 15 is 0 Å². The van der Waals surface area contributed by atoms with E-state index in [2.05, 4.69) is 38.6 Å². The summed E-state index contributed by atoms with van der Waals surface area (Å²) in [5.74, 6) is 0.834. The molecule has 1 fully saturated rings. The summed E-state index contributed by atoms with van der Waals surface area (Å²) in [6.45, 7) is 6.20. The zero-order valence-electron chi connectivity index (χ0n) is 13.6. The van der Waals surface area contributed by atoms with Gasteiger partial charge in [0.15, 0.2) is 0 Å². The van der Waals surface area contributed by atoms with Crippen LogP contribution in [0.1, 0.15) is 47.8 Å². The molecule has 2 aromatic rings. The second-order valence-electron chi connectivity index (χ2n) is 5.97. The summed E-state index contributed by atoms with van der Waals surface area (Å²) >= 11 is 1.82. The molecule has 1 amide bonds. The van der Waals surface area contributed by atoms with Crippen molar-refractivity contribution >= 4 is 17.2 Å². The maximum absolute atomic E-state index is 11.1. The van der Waals surface area contributed by atoms with Crippen LogP contribution in [0, 0.1) is 6.92 Å². The summed E-state index contributed by atoms with van der Waals surface area (Å²) in [6.07, 6.45) is 4.06. The number of hydrogen-bond donors (Lipinski definition) is 1. The summed E-state index contributed by atoms with van der Waals surface area (Å²) in [7, 11) is 0. The summed E-state index contributed by atoms with van der Waals surface area (Å²) < 4.78 is 0. The molecule has 0 radical (unpaired) electrons.